The molecule has 29 heavy (non-hydrogen) atoms. The van der Waals surface area contributed by atoms with Gasteiger partial charge in [-0.1, -0.05) is 41.9 Å². The maximum atomic E-state index is 12.6. The molecular weight excluding hydrogens is 388 g/mol. The number of carbonyl (C=O) groups excluding carboxylic acids is 3. The van der Waals surface area contributed by atoms with Gasteiger partial charge in [-0.15, -0.1) is 0 Å². The topological polar surface area (TPSA) is 66.5 Å². The van der Waals surface area contributed by atoms with Crippen LogP contribution < -0.4 is 5.32 Å². The SMILES string of the molecule is Cc1ccccc1C(=O)Nc1ccc(Cl)c(CN2C(=O)c3ccccc3C2=O)c1. The molecule has 3 amide bonds. The zero-order valence-electron chi connectivity index (χ0n) is 15.6. The molecule has 6 heteroatoms. The van der Waals surface area contributed by atoms with Gasteiger partial charge in [-0.2, -0.15) is 0 Å². The van der Waals surface area contributed by atoms with Gasteiger partial charge in [0.05, 0.1) is 17.7 Å². The zero-order chi connectivity index (χ0) is 20.5. The Morgan fingerprint density at radius 2 is 1.55 bits per heavy atom. The fourth-order valence-electron chi connectivity index (χ4n) is 3.35. The zero-order valence-corrected chi connectivity index (χ0v) is 16.4. The van der Waals surface area contributed by atoms with Gasteiger partial charge in [0.2, 0.25) is 0 Å². The number of halogens is 1. The lowest BCUT2D eigenvalue weighted by molar-refractivity contribution is 0.0642. The van der Waals surface area contributed by atoms with Gasteiger partial charge in [-0.3, -0.25) is 19.3 Å². The van der Waals surface area contributed by atoms with Gasteiger partial charge in [-0.05, 0) is 54.4 Å². The Balaban J connectivity index is 1.57. The maximum Gasteiger partial charge on any atom is 0.261 e. The van der Waals surface area contributed by atoms with E-state index in [0.29, 0.717) is 33.0 Å². The molecule has 144 valence electrons. The molecule has 0 spiro atoms. The van der Waals surface area contributed by atoms with Gasteiger partial charge < -0.3 is 5.32 Å². The Hall–Kier alpha value is -3.44. The fraction of sp³-hybridized carbons (Fsp3) is 0.0870. The van der Waals surface area contributed by atoms with E-state index < -0.39 is 0 Å². The van der Waals surface area contributed by atoms with Crippen LogP contribution in [0.5, 0.6) is 0 Å². The first-order valence-electron chi connectivity index (χ1n) is 9.06. The highest BCUT2D eigenvalue weighted by molar-refractivity contribution is 6.31. The van der Waals surface area contributed by atoms with Crippen molar-refractivity contribution in [2.75, 3.05) is 5.32 Å². The molecule has 1 aliphatic heterocycles. The van der Waals surface area contributed by atoms with Crippen LogP contribution in [0.1, 0.15) is 42.2 Å². The van der Waals surface area contributed by atoms with E-state index in [1.54, 1.807) is 54.6 Å². The van der Waals surface area contributed by atoms with Gasteiger partial charge in [-0.25, -0.2) is 0 Å². The third kappa shape index (κ3) is 3.52. The van der Waals surface area contributed by atoms with Crippen LogP contribution in [0.25, 0.3) is 0 Å². The Morgan fingerprint density at radius 3 is 2.21 bits per heavy atom. The van der Waals surface area contributed by atoms with Crippen LogP contribution in [0.15, 0.2) is 66.7 Å². The molecule has 1 N–H and O–H groups in total. The summed E-state index contributed by atoms with van der Waals surface area (Å²) in [5.74, 6) is -0.941. The number of benzene rings is 3. The molecule has 0 fully saturated rings. The number of hydrogen-bond acceptors (Lipinski definition) is 3. The average molecular weight is 405 g/mol. The van der Waals surface area contributed by atoms with Crippen molar-refractivity contribution in [1.29, 1.82) is 0 Å². The van der Waals surface area contributed by atoms with E-state index >= 15 is 0 Å². The Labute approximate surface area is 172 Å². The molecule has 1 aliphatic rings. The number of aryl methyl sites for hydroxylation is 1. The van der Waals surface area contributed by atoms with E-state index in [-0.39, 0.29) is 24.3 Å². The summed E-state index contributed by atoms with van der Waals surface area (Å²) < 4.78 is 0. The second-order valence-corrected chi connectivity index (χ2v) is 7.22. The predicted molar refractivity (Wildman–Crippen MR) is 111 cm³/mol. The molecule has 3 aromatic rings. The van der Waals surface area contributed by atoms with Gasteiger partial charge in [0.25, 0.3) is 17.7 Å². The average Bonchev–Trinajstić information content (AvgIpc) is 2.96. The highest BCUT2D eigenvalue weighted by atomic mass is 35.5. The summed E-state index contributed by atoms with van der Waals surface area (Å²) in [6, 6.07) is 19.0. The van der Waals surface area contributed by atoms with Crippen LogP contribution in [0.2, 0.25) is 5.02 Å². The largest absolute Gasteiger partial charge is 0.322 e. The first-order chi connectivity index (χ1) is 14.0. The molecule has 1 heterocycles. The Kier molecular flexibility index (Phi) is 4.91. The molecule has 0 radical (unpaired) electrons. The molecule has 0 aliphatic carbocycles. The normalized spacial score (nSPS) is 12.8. The summed E-state index contributed by atoms with van der Waals surface area (Å²) >= 11 is 6.30. The van der Waals surface area contributed by atoms with Gasteiger partial charge in [0.15, 0.2) is 0 Å². The number of nitrogens with zero attached hydrogens (tertiary/aromatic N) is 1. The van der Waals surface area contributed by atoms with Gasteiger partial charge in [0.1, 0.15) is 0 Å². The third-order valence-corrected chi connectivity index (χ3v) is 5.27. The summed E-state index contributed by atoms with van der Waals surface area (Å²) in [4.78, 5) is 38.9. The predicted octanol–water partition coefficient (Wildman–Crippen LogP) is 4.70. The number of nitrogens with one attached hydrogen (secondary N) is 1. The molecule has 5 nitrogen and oxygen atoms in total. The molecular formula is C23H17ClN2O3. The Bertz CT molecular complexity index is 1120. The highest BCUT2D eigenvalue weighted by Crippen LogP contribution is 2.28. The number of imide groups is 1. The van der Waals surface area contributed by atoms with Crippen molar-refractivity contribution in [1.82, 2.24) is 4.90 Å². The van der Waals surface area contributed by atoms with Crippen LogP contribution in [0.3, 0.4) is 0 Å². The maximum absolute atomic E-state index is 12.6. The summed E-state index contributed by atoms with van der Waals surface area (Å²) in [5.41, 5.74) is 3.32. The third-order valence-electron chi connectivity index (χ3n) is 4.90. The van der Waals surface area contributed by atoms with Crippen LogP contribution in [0.4, 0.5) is 5.69 Å². The van der Waals surface area contributed by atoms with Crippen LogP contribution >= 0.6 is 11.6 Å². The smallest absolute Gasteiger partial charge is 0.261 e. The molecule has 4 rings (SSSR count). The number of fused-ring (bicyclic) bond motifs is 1. The van der Waals surface area contributed by atoms with Crippen molar-refractivity contribution >= 4 is 35.0 Å². The van der Waals surface area contributed by atoms with E-state index in [1.165, 1.54) is 4.90 Å². The second kappa shape index (κ2) is 7.53. The molecule has 0 saturated heterocycles. The van der Waals surface area contributed by atoms with Gasteiger partial charge >= 0.3 is 0 Å². The lowest BCUT2D eigenvalue weighted by atomic mass is 10.1. The quantitative estimate of drug-likeness (QED) is 0.641. The minimum atomic E-state index is -0.351. The fourth-order valence-corrected chi connectivity index (χ4v) is 3.53. The summed E-state index contributed by atoms with van der Waals surface area (Å²) in [6.07, 6.45) is 0. The van der Waals surface area contributed by atoms with E-state index in [2.05, 4.69) is 5.32 Å². The second-order valence-electron chi connectivity index (χ2n) is 6.82. The summed E-state index contributed by atoms with van der Waals surface area (Å²) in [6.45, 7) is 1.89. The number of rotatable bonds is 4. The molecule has 3 aromatic carbocycles. The van der Waals surface area contributed by atoms with Crippen molar-refractivity contribution in [2.45, 2.75) is 13.5 Å². The van der Waals surface area contributed by atoms with E-state index in [9.17, 15) is 14.4 Å². The minimum absolute atomic E-state index is 0.0270. The monoisotopic (exact) mass is 404 g/mol. The van der Waals surface area contributed by atoms with Gasteiger partial charge in [0, 0.05) is 16.3 Å². The lowest BCUT2D eigenvalue weighted by Gasteiger charge is -2.16. The van der Waals surface area contributed by atoms with E-state index in [1.807, 2.05) is 19.1 Å². The lowest BCUT2D eigenvalue weighted by Crippen LogP contribution is -2.29. The molecule has 0 aromatic heterocycles. The van der Waals surface area contributed by atoms with Crippen molar-refractivity contribution in [3.63, 3.8) is 0 Å². The molecule has 0 saturated carbocycles. The number of anilines is 1. The van der Waals surface area contributed by atoms with Crippen LogP contribution in [0, 0.1) is 6.92 Å². The van der Waals surface area contributed by atoms with E-state index in [0.717, 1.165) is 5.56 Å². The first kappa shape index (κ1) is 18.9. The minimum Gasteiger partial charge on any atom is -0.322 e. The Morgan fingerprint density at radius 1 is 0.931 bits per heavy atom. The molecule has 0 atom stereocenters. The first-order valence-corrected chi connectivity index (χ1v) is 9.44. The van der Waals surface area contributed by atoms with E-state index in [4.69, 9.17) is 11.6 Å². The van der Waals surface area contributed by atoms with Crippen molar-refractivity contribution in [3.8, 4) is 0 Å². The van der Waals surface area contributed by atoms with Crippen LogP contribution in [-0.2, 0) is 6.54 Å². The molecule has 0 bridgehead atoms. The summed E-state index contributed by atoms with van der Waals surface area (Å²) in [5, 5.41) is 3.26. The number of hydrogen-bond donors (Lipinski definition) is 1. The summed E-state index contributed by atoms with van der Waals surface area (Å²) in [7, 11) is 0. The molecule has 0 unspecified atom stereocenters. The van der Waals surface area contributed by atoms with Crippen molar-refractivity contribution in [2.24, 2.45) is 0 Å². The van der Waals surface area contributed by atoms with Crippen LogP contribution in [-0.4, -0.2) is 22.6 Å². The standard InChI is InChI=1S/C23H17ClN2O3/c1-14-6-2-3-7-17(14)21(27)25-16-10-11-20(24)15(12-16)13-26-22(28)18-8-4-5-9-19(18)23(26)29/h2-12H,13H2,1H3,(H,25,27). The van der Waals surface area contributed by atoms with Crippen molar-refractivity contribution < 1.29 is 14.4 Å². The van der Waals surface area contributed by atoms with Crippen molar-refractivity contribution in [3.05, 3.63) is 99.6 Å². The number of amides is 3. The highest BCUT2D eigenvalue weighted by Gasteiger charge is 2.35. The number of carbonyl (C=O) groups is 3.